The molecule has 2 rings (SSSR count). The zero-order valence-electron chi connectivity index (χ0n) is 12.3. The lowest BCUT2D eigenvalue weighted by atomic mass is 10.1. The van der Waals surface area contributed by atoms with Crippen molar-refractivity contribution in [2.45, 2.75) is 45.4 Å². The third-order valence-electron chi connectivity index (χ3n) is 3.35. The van der Waals surface area contributed by atoms with Crippen molar-refractivity contribution in [2.75, 3.05) is 6.54 Å². The Morgan fingerprint density at radius 1 is 1.29 bits per heavy atom. The number of nitrogens with one attached hydrogen (secondary N) is 1. The summed E-state index contributed by atoms with van der Waals surface area (Å²) in [6.45, 7) is 2.73. The van der Waals surface area contributed by atoms with Crippen LogP contribution in [0, 0.1) is 0 Å². The Hall–Kier alpha value is -2.11. The first-order valence-electron chi connectivity index (χ1n) is 7.49. The van der Waals surface area contributed by atoms with Gasteiger partial charge in [-0.05, 0) is 18.6 Å². The van der Waals surface area contributed by atoms with Gasteiger partial charge in [-0.1, -0.05) is 39.0 Å². The largest absolute Gasteiger partial charge is 0.429 e. The second kappa shape index (κ2) is 7.61. The van der Waals surface area contributed by atoms with Crippen LogP contribution in [-0.2, 0) is 0 Å². The summed E-state index contributed by atoms with van der Waals surface area (Å²) in [4.78, 5) is 27.7. The van der Waals surface area contributed by atoms with E-state index in [2.05, 4.69) is 17.2 Å². The number of aromatic nitrogens is 2. The number of hydrogen-bond acceptors (Lipinski definition) is 4. The van der Waals surface area contributed by atoms with E-state index in [1.807, 2.05) is 0 Å². The fourth-order valence-electron chi connectivity index (χ4n) is 2.21. The van der Waals surface area contributed by atoms with Crippen LogP contribution >= 0.6 is 0 Å². The van der Waals surface area contributed by atoms with Gasteiger partial charge in [0.2, 0.25) is 0 Å². The number of amides is 1. The smallest absolute Gasteiger partial charge is 0.406 e. The van der Waals surface area contributed by atoms with Gasteiger partial charge >= 0.3 is 11.8 Å². The summed E-state index contributed by atoms with van der Waals surface area (Å²) in [5.41, 5.74) is 0.570. The zero-order chi connectivity index (χ0) is 15.1. The molecule has 114 valence electrons. The molecule has 0 saturated carbocycles. The summed E-state index contributed by atoms with van der Waals surface area (Å²) in [6.07, 6.45) is 8.41. The molecular formula is C15H21N3O3. The molecular weight excluding hydrogens is 270 g/mol. The number of rotatable bonds is 7. The summed E-state index contributed by atoms with van der Waals surface area (Å²) >= 11 is 0. The van der Waals surface area contributed by atoms with Gasteiger partial charge in [-0.25, -0.2) is 14.6 Å². The lowest BCUT2D eigenvalue weighted by Gasteiger charge is -2.04. The Balaban J connectivity index is 1.85. The van der Waals surface area contributed by atoms with Crippen molar-refractivity contribution in [3.63, 3.8) is 0 Å². The second-order valence-electron chi connectivity index (χ2n) is 5.03. The summed E-state index contributed by atoms with van der Waals surface area (Å²) in [5, 5.41) is 2.73. The Kier molecular flexibility index (Phi) is 5.54. The highest BCUT2D eigenvalue weighted by Crippen LogP contribution is 2.08. The van der Waals surface area contributed by atoms with Gasteiger partial charge in [0.1, 0.15) is 0 Å². The maximum atomic E-state index is 12.0. The number of fused-ring (bicyclic) bond motifs is 1. The highest BCUT2D eigenvalue weighted by Gasteiger charge is 2.15. The molecule has 0 bridgehead atoms. The quantitative estimate of drug-likeness (QED) is 0.796. The van der Waals surface area contributed by atoms with E-state index in [0.29, 0.717) is 12.1 Å². The predicted molar refractivity (Wildman–Crippen MR) is 80.4 cm³/mol. The van der Waals surface area contributed by atoms with Gasteiger partial charge in [-0.2, -0.15) is 4.57 Å². The minimum Gasteiger partial charge on any atom is -0.406 e. The number of pyridine rings is 1. The molecule has 0 saturated heterocycles. The molecule has 0 radical (unpaired) electrons. The number of nitrogens with zero attached hydrogens (tertiary/aromatic N) is 2. The number of oxazole rings is 1. The van der Waals surface area contributed by atoms with Crippen LogP contribution in [0.3, 0.4) is 0 Å². The van der Waals surface area contributed by atoms with E-state index in [9.17, 15) is 9.59 Å². The van der Waals surface area contributed by atoms with E-state index >= 15 is 0 Å². The predicted octanol–water partition coefficient (Wildman–Crippen LogP) is 2.91. The Morgan fingerprint density at radius 3 is 2.86 bits per heavy atom. The molecule has 0 unspecified atom stereocenters. The molecule has 0 spiro atoms. The lowest BCUT2D eigenvalue weighted by Crippen LogP contribution is -2.34. The monoisotopic (exact) mass is 291 g/mol. The summed E-state index contributed by atoms with van der Waals surface area (Å²) in [7, 11) is 0. The Bertz CT molecular complexity index is 645. The van der Waals surface area contributed by atoms with Crippen LogP contribution in [0.5, 0.6) is 0 Å². The molecule has 0 aliphatic carbocycles. The molecule has 2 aromatic rings. The van der Waals surface area contributed by atoms with Crippen molar-refractivity contribution >= 4 is 17.3 Å². The van der Waals surface area contributed by atoms with E-state index < -0.39 is 11.8 Å². The van der Waals surface area contributed by atoms with Gasteiger partial charge in [0.25, 0.3) is 0 Å². The van der Waals surface area contributed by atoms with E-state index in [-0.39, 0.29) is 5.65 Å². The third kappa shape index (κ3) is 3.93. The third-order valence-corrected chi connectivity index (χ3v) is 3.35. The summed E-state index contributed by atoms with van der Waals surface area (Å²) in [5.74, 6) is -0.704. The van der Waals surface area contributed by atoms with Crippen molar-refractivity contribution in [3.05, 3.63) is 28.9 Å². The Morgan fingerprint density at radius 2 is 2.05 bits per heavy atom. The highest BCUT2D eigenvalue weighted by molar-refractivity contribution is 5.85. The fourth-order valence-corrected chi connectivity index (χ4v) is 2.21. The van der Waals surface area contributed by atoms with Gasteiger partial charge in [-0.3, -0.25) is 0 Å². The first-order chi connectivity index (χ1) is 10.2. The van der Waals surface area contributed by atoms with Gasteiger partial charge in [0.05, 0.1) is 0 Å². The van der Waals surface area contributed by atoms with Gasteiger partial charge in [0.15, 0.2) is 11.2 Å². The van der Waals surface area contributed by atoms with Crippen LogP contribution in [-0.4, -0.2) is 22.1 Å². The summed E-state index contributed by atoms with van der Waals surface area (Å²) < 4.78 is 5.91. The average molecular weight is 291 g/mol. The maximum absolute atomic E-state index is 12.0. The molecule has 0 fully saturated rings. The first-order valence-corrected chi connectivity index (χ1v) is 7.49. The van der Waals surface area contributed by atoms with Gasteiger partial charge in [-0.15, -0.1) is 0 Å². The topological polar surface area (TPSA) is 77.1 Å². The maximum Gasteiger partial charge on any atom is 0.429 e. The van der Waals surface area contributed by atoms with E-state index in [4.69, 9.17) is 4.42 Å². The van der Waals surface area contributed by atoms with Crippen molar-refractivity contribution in [1.82, 2.24) is 14.9 Å². The number of hydrogen-bond donors (Lipinski definition) is 1. The molecule has 6 heteroatoms. The van der Waals surface area contributed by atoms with E-state index in [1.165, 1.54) is 31.9 Å². The molecule has 0 aliphatic heterocycles. The number of unbranched alkanes of at least 4 members (excludes halogenated alkanes) is 5. The SMILES string of the molecule is CCCCCCCCNC(=O)n1c(=O)oc2cccnc21. The number of carbonyl (C=O) groups is 1. The highest BCUT2D eigenvalue weighted by atomic mass is 16.4. The van der Waals surface area contributed by atoms with E-state index in [1.54, 1.807) is 12.1 Å². The van der Waals surface area contributed by atoms with Crippen LogP contribution in [0.25, 0.3) is 11.2 Å². The molecule has 6 nitrogen and oxygen atoms in total. The van der Waals surface area contributed by atoms with Crippen LogP contribution < -0.4 is 11.1 Å². The fraction of sp³-hybridized carbons (Fsp3) is 0.533. The molecule has 1 amide bonds. The molecule has 2 heterocycles. The minimum atomic E-state index is -0.704. The molecule has 0 aliphatic rings. The van der Waals surface area contributed by atoms with E-state index in [0.717, 1.165) is 17.4 Å². The van der Waals surface area contributed by atoms with Crippen molar-refractivity contribution in [1.29, 1.82) is 0 Å². The van der Waals surface area contributed by atoms with Crippen LogP contribution in [0.15, 0.2) is 27.5 Å². The lowest BCUT2D eigenvalue weighted by molar-refractivity contribution is 0.241. The van der Waals surface area contributed by atoms with Gasteiger partial charge in [0, 0.05) is 12.7 Å². The van der Waals surface area contributed by atoms with Gasteiger partial charge < -0.3 is 9.73 Å². The van der Waals surface area contributed by atoms with Crippen LogP contribution in [0.1, 0.15) is 45.4 Å². The van der Waals surface area contributed by atoms with Crippen molar-refractivity contribution in [2.24, 2.45) is 0 Å². The first kappa shape index (κ1) is 15.3. The van der Waals surface area contributed by atoms with Crippen molar-refractivity contribution in [3.8, 4) is 0 Å². The van der Waals surface area contributed by atoms with Crippen LogP contribution in [0.4, 0.5) is 4.79 Å². The molecule has 0 aromatic carbocycles. The van der Waals surface area contributed by atoms with Crippen LogP contribution in [0.2, 0.25) is 0 Å². The molecule has 0 atom stereocenters. The average Bonchev–Trinajstić information content (AvgIpc) is 2.82. The number of carbonyl (C=O) groups excluding carboxylic acids is 1. The molecule has 1 N–H and O–H groups in total. The standard InChI is InChI=1S/C15H21N3O3/c1-2-3-4-5-6-7-10-17-14(19)18-13-12(21-15(18)20)9-8-11-16-13/h8-9,11H,2-7,10H2,1H3,(H,17,19). The zero-order valence-corrected chi connectivity index (χ0v) is 12.3. The summed E-state index contributed by atoms with van der Waals surface area (Å²) in [6, 6.07) is 2.79. The normalized spacial score (nSPS) is 10.9. The second-order valence-corrected chi connectivity index (χ2v) is 5.03. The molecule has 2 aromatic heterocycles. The Labute approximate surface area is 123 Å². The van der Waals surface area contributed by atoms with Crippen molar-refractivity contribution < 1.29 is 9.21 Å². The molecule has 21 heavy (non-hydrogen) atoms. The minimum absolute atomic E-state index is 0.253.